The number of thiophene rings is 1. The monoisotopic (exact) mass is 402 g/mol. The fraction of sp³-hybridized carbons (Fsp3) is 0.381. The molecule has 28 heavy (non-hydrogen) atoms. The third-order valence-corrected chi connectivity index (χ3v) is 5.49. The summed E-state index contributed by atoms with van der Waals surface area (Å²) < 4.78 is 5.12. The van der Waals surface area contributed by atoms with E-state index in [-0.39, 0.29) is 24.0 Å². The number of rotatable bonds is 6. The average Bonchev–Trinajstić information content (AvgIpc) is 2.97. The van der Waals surface area contributed by atoms with Crippen LogP contribution in [-0.2, 0) is 4.74 Å². The van der Waals surface area contributed by atoms with Crippen molar-refractivity contribution in [3.05, 3.63) is 51.4 Å². The van der Waals surface area contributed by atoms with E-state index in [9.17, 15) is 14.4 Å². The predicted molar refractivity (Wildman–Crippen MR) is 112 cm³/mol. The SMILES string of the molecule is CCOC(=O)c1c(NC(=O)c2ccc(C(C)C)cc2)sc(C(=O)N(C)C)c1C. The summed E-state index contributed by atoms with van der Waals surface area (Å²) in [5.41, 5.74) is 2.34. The minimum absolute atomic E-state index is 0.204. The summed E-state index contributed by atoms with van der Waals surface area (Å²) in [5.74, 6) is -0.757. The summed E-state index contributed by atoms with van der Waals surface area (Å²) in [5, 5.41) is 3.10. The normalized spacial score (nSPS) is 10.7. The molecule has 0 saturated heterocycles. The lowest BCUT2D eigenvalue weighted by Crippen LogP contribution is -2.21. The molecule has 0 aliphatic heterocycles. The van der Waals surface area contributed by atoms with Crippen molar-refractivity contribution in [1.29, 1.82) is 0 Å². The van der Waals surface area contributed by atoms with Crippen LogP contribution in [0.4, 0.5) is 5.00 Å². The molecule has 1 N–H and O–H groups in total. The second-order valence-corrected chi connectivity index (χ2v) is 7.93. The Labute approximate surface area is 169 Å². The van der Waals surface area contributed by atoms with E-state index < -0.39 is 5.97 Å². The fourth-order valence-corrected chi connectivity index (χ4v) is 3.86. The van der Waals surface area contributed by atoms with Gasteiger partial charge in [0.2, 0.25) is 0 Å². The van der Waals surface area contributed by atoms with Crippen molar-refractivity contribution < 1.29 is 19.1 Å². The molecule has 150 valence electrons. The first-order valence-corrected chi connectivity index (χ1v) is 9.92. The lowest BCUT2D eigenvalue weighted by molar-refractivity contribution is 0.0527. The Morgan fingerprint density at radius 2 is 1.75 bits per heavy atom. The molecular weight excluding hydrogens is 376 g/mol. The van der Waals surface area contributed by atoms with E-state index in [2.05, 4.69) is 19.2 Å². The van der Waals surface area contributed by atoms with E-state index >= 15 is 0 Å². The number of ether oxygens (including phenoxy) is 1. The lowest BCUT2D eigenvalue weighted by atomic mass is 10.0. The molecule has 0 atom stereocenters. The van der Waals surface area contributed by atoms with Crippen LogP contribution in [-0.4, -0.2) is 43.4 Å². The van der Waals surface area contributed by atoms with Gasteiger partial charge in [0.15, 0.2) is 0 Å². The van der Waals surface area contributed by atoms with Crippen LogP contribution in [0.25, 0.3) is 0 Å². The van der Waals surface area contributed by atoms with Crippen LogP contribution in [0.2, 0.25) is 0 Å². The number of nitrogens with zero attached hydrogens (tertiary/aromatic N) is 1. The van der Waals surface area contributed by atoms with Gasteiger partial charge in [-0.05, 0) is 43.0 Å². The first-order chi connectivity index (χ1) is 13.2. The van der Waals surface area contributed by atoms with Crippen molar-refractivity contribution >= 4 is 34.1 Å². The third-order valence-electron chi connectivity index (χ3n) is 4.29. The number of benzene rings is 1. The van der Waals surface area contributed by atoms with Gasteiger partial charge in [-0.15, -0.1) is 11.3 Å². The number of anilines is 1. The van der Waals surface area contributed by atoms with Crippen molar-refractivity contribution in [3.8, 4) is 0 Å². The molecule has 1 aromatic carbocycles. The molecule has 0 radical (unpaired) electrons. The van der Waals surface area contributed by atoms with Gasteiger partial charge in [-0.3, -0.25) is 9.59 Å². The molecule has 0 aliphatic carbocycles. The van der Waals surface area contributed by atoms with Crippen LogP contribution >= 0.6 is 11.3 Å². The van der Waals surface area contributed by atoms with Crippen LogP contribution in [0, 0.1) is 6.92 Å². The first-order valence-electron chi connectivity index (χ1n) is 9.10. The molecule has 7 heteroatoms. The smallest absolute Gasteiger partial charge is 0.341 e. The highest BCUT2D eigenvalue weighted by atomic mass is 32.1. The van der Waals surface area contributed by atoms with Crippen molar-refractivity contribution in [1.82, 2.24) is 4.90 Å². The van der Waals surface area contributed by atoms with E-state index in [1.807, 2.05) is 12.1 Å². The van der Waals surface area contributed by atoms with Gasteiger partial charge in [-0.1, -0.05) is 26.0 Å². The van der Waals surface area contributed by atoms with Gasteiger partial charge in [0.1, 0.15) is 5.00 Å². The van der Waals surface area contributed by atoms with E-state index in [0.717, 1.165) is 16.9 Å². The van der Waals surface area contributed by atoms with Gasteiger partial charge in [-0.25, -0.2) is 4.79 Å². The molecule has 0 fully saturated rings. The average molecular weight is 403 g/mol. The highest BCUT2D eigenvalue weighted by Crippen LogP contribution is 2.34. The minimum Gasteiger partial charge on any atom is -0.462 e. The number of nitrogens with one attached hydrogen (secondary N) is 1. The van der Waals surface area contributed by atoms with E-state index in [0.29, 0.717) is 26.9 Å². The molecule has 2 amide bonds. The van der Waals surface area contributed by atoms with Gasteiger partial charge in [0.25, 0.3) is 11.8 Å². The zero-order chi connectivity index (χ0) is 21.0. The van der Waals surface area contributed by atoms with Crippen molar-refractivity contribution in [2.75, 3.05) is 26.0 Å². The zero-order valence-electron chi connectivity index (χ0n) is 17.1. The highest BCUT2D eigenvalue weighted by molar-refractivity contribution is 7.18. The second-order valence-electron chi connectivity index (χ2n) is 6.91. The summed E-state index contributed by atoms with van der Waals surface area (Å²) in [6, 6.07) is 7.32. The standard InChI is InChI=1S/C21H26N2O4S/c1-7-27-21(26)16-13(4)17(20(25)23(5)6)28-19(16)22-18(24)15-10-8-14(9-11-15)12(2)3/h8-12H,7H2,1-6H3,(H,22,24). The Balaban J connectivity index is 2.39. The van der Waals surface area contributed by atoms with Crippen LogP contribution in [0.3, 0.4) is 0 Å². The Kier molecular flexibility index (Phi) is 6.96. The van der Waals surface area contributed by atoms with Gasteiger partial charge in [0.05, 0.1) is 17.0 Å². The van der Waals surface area contributed by atoms with Crippen LogP contribution < -0.4 is 5.32 Å². The molecule has 1 aromatic heterocycles. The Morgan fingerprint density at radius 3 is 2.25 bits per heavy atom. The maximum absolute atomic E-state index is 12.7. The third kappa shape index (κ3) is 4.59. The van der Waals surface area contributed by atoms with Gasteiger partial charge in [0, 0.05) is 19.7 Å². The topological polar surface area (TPSA) is 75.7 Å². The Morgan fingerprint density at radius 1 is 1.14 bits per heavy atom. The number of hydrogen-bond acceptors (Lipinski definition) is 5. The summed E-state index contributed by atoms with van der Waals surface area (Å²) in [4.78, 5) is 39.4. The molecule has 0 saturated carbocycles. The van der Waals surface area contributed by atoms with Gasteiger partial charge < -0.3 is 15.0 Å². The number of esters is 1. The fourth-order valence-electron chi connectivity index (χ4n) is 2.65. The van der Waals surface area contributed by atoms with Crippen LogP contribution in [0.5, 0.6) is 0 Å². The molecule has 0 bridgehead atoms. The second kappa shape index (κ2) is 9.01. The summed E-state index contributed by atoms with van der Waals surface area (Å²) >= 11 is 1.08. The number of carbonyl (C=O) groups excluding carboxylic acids is 3. The first kappa shape index (κ1) is 21.6. The van der Waals surface area contributed by atoms with E-state index in [4.69, 9.17) is 4.74 Å². The van der Waals surface area contributed by atoms with Crippen molar-refractivity contribution in [3.63, 3.8) is 0 Å². The highest BCUT2D eigenvalue weighted by Gasteiger charge is 2.27. The maximum atomic E-state index is 12.7. The quantitative estimate of drug-likeness (QED) is 0.731. The zero-order valence-corrected chi connectivity index (χ0v) is 17.9. The van der Waals surface area contributed by atoms with Gasteiger partial charge >= 0.3 is 5.97 Å². The molecule has 0 aliphatic rings. The molecule has 2 aromatic rings. The van der Waals surface area contributed by atoms with E-state index in [1.165, 1.54) is 4.90 Å². The molecule has 1 heterocycles. The maximum Gasteiger partial charge on any atom is 0.341 e. The lowest BCUT2D eigenvalue weighted by Gasteiger charge is -2.09. The molecule has 6 nitrogen and oxygen atoms in total. The summed E-state index contributed by atoms with van der Waals surface area (Å²) in [6.07, 6.45) is 0. The number of carbonyl (C=O) groups is 3. The molecule has 2 rings (SSSR count). The Bertz CT molecular complexity index is 883. The van der Waals surface area contributed by atoms with Gasteiger partial charge in [-0.2, -0.15) is 0 Å². The summed E-state index contributed by atoms with van der Waals surface area (Å²) in [7, 11) is 3.28. The minimum atomic E-state index is -0.556. The largest absolute Gasteiger partial charge is 0.462 e. The van der Waals surface area contributed by atoms with Crippen molar-refractivity contribution in [2.24, 2.45) is 0 Å². The number of amides is 2. The Hall–Kier alpha value is -2.67. The molecule has 0 unspecified atom stereocenters. The van der Waals surface area contributed by atoms with Crippen LogP contribution in [0.15, 0.2) is 24.3 Å². The summed E-state index contributed by atoms with van der Waals surface area (Å²) in [6.45, 7) is 7.76. The number of hydrogen-bond donors (Lipinski definition) is 1. The van der Waals surface area contributed by atoms with Crippen molar-refractivity contribution in [2.45, 2.75) is 33.6 Å². The molecule has 0 spiro atoms. The predicted octanol–water partition coefficient (Wildman–Crippen LogP) is 4.31. The van der Waals surface area contributed by atoms with E-state index in [1.54, 1.807) is 40.1 Å². The van der Waals surface area contributed by atoms with Crippen LogP contribution in [0.1, 0.15) is 68.2 Å². The molecular formula is C21H26N2O4S.